The van der Waals surface area contributed by atoms with Gasteiger partial charge >= 0.3 is 6.09 Å². The van der Waals surface area contributed by atoms with Crippen molar-refractivity contribution in [2.24, 2.45) is 5.92 Å². The van der Waals surface area contributed by atoms with Gasteiger partial charge < -0.3 is 19.5 Å². The summed E-state index contributed by atoms with van der Waals surface area (Å²) >= 11 is 0. The van der Waals surface area contributed by atoms with Crippen molar-refractivity contribution in [3.8, 4) is 0 Å². The first-order chi connectivity index (χ1) is 9.77. The molecular formula is C13H25NO7S. The van der Waals surface area contributed by atoms with Gasteiger partial charge in [0.25, 0.3) is 10.1 Å². The van der Waals surface area contributed by atoms with Crippen LogP contribution in [0.1, 0.15) is 34.6 Å². The van der Waals surface area contributed by atoms with Crippen LogP contribution in [0.5, 0.6) is 0 Å². The Labute approximate surface area is 131 Å². The van der Waals surface area contributed by atoms with E-state index in [4.69, 9.17) is 18.8 Å². The minimum Gasteiger partial charge on any atom is -0.444 e. The maximum Gasteiger partial charge on any atom is 0.407 e. The van der Waals surface area contributed by atoms with Crippen molar-refractivity contribution in [1.82, 2.24) is 5.32 Å². The first kappa shape index (κ1) is 19.1. The number of hydrogen-bond acceptors (Lipinski definition) is 6. The van der Waals surface area contributed by atoms with Gasteiger partial charge in [-0.3, -0.25) is 4.55 Å². The minimum absolute atomic E-state index is 0.0151. The number of amides is 1. The van der Waals surface area contributed by atoms with E-state index < -0.39 is 45.4 Å². The van der Waals surface area contributed by atoms with Crippen molar-refractivity contribution >= 4 is 16.2 Å². The molecular weight excluding hydrogens is 314 g/mol. The molecule has 0 radical (unpaired) electrons. The lowest BCUT2D eigenvalue weighted by Gasteiger charge is -2.25. The van der Waals surface area contributed by atoms with Crippen LogP contribution in [0.15, 0.2) is 0 Å². The summed E-state index contributed by atoms with van der Waals surface area (Å²) in [5.74, 6) is -2.01. The second-order valence-corrected chi connectivity index (χ2v) is 8.26. The van der Waals surface area contributed by atoms with E-state index in [0.29, 0.717) is 0 Å². The van der Waals surface area contributed by atoms with E-state index in [9.17, 15) is 13.2 Å². The summed E-state index contributed by atoms with van der Waals surface area (Å²) in [5.41, 5.74) is -0.655. The predicted molar refractivity (Wildman–Crippen MR) is 79.0 cm³/mol. The average Bonchev–Trinajstić information content (AvgIpc) is 2.61. The molecule has 0 aromatic rings. The minimum atomic E-state index is -4.21. The van der Waals surface area contributed by atoms with E-state index in [2.05, 4.69) is 5.32 Å². The Hall–Kier alpha value is -0.900. The molecule has 1 saturated heterocycles. The molecule has 0 aromatic carbocycles. The average molecular weight is 339 g/mol. The highest BCUT2D eigenvalue weighted by atomic mass is 32.2. The molecule has 2 N–H and O–H groups in total. The van der Waals surface area contributed by atoms with Crippen LogP contribution in [0.25, 0.3) is 0 Å². The molecule has 22 heavy (non-hydrogen) atoms. The number of rotatable bonds is 5. The lowest BCUT2D eigenvalue weighted by atomic mass is 10.1. The summed E-state index contributed by atoms with van der Waals surface area (Å²) in [6, 6.07) is 0. The SMILES string of the molecule is CC(C)(C)OC(=O)NC[C@H](CS(=O)(=O)O)C1COC(C)(C)O1. The maximum absolute atomic E-state index is 11.7. The van der Waals surface area contributed by atoms with Crippen LogP contribution < -0.4 is 5.32 Å². The first-order valence-corrected chi connectivity index (χ1v) is 8.62. The van der Waals surface area contributed by atoms with E-state index in [1.807, 2.05) is 0 Å². The van der Waals surface area contributed by atoms with Crippen molar-refractivity contribution in [2.75, 3.05) is 18.9 Å². The molecule has 1 unspecified atom stereocenters. The van der Waals surface area contributed by atoms with Gasteiger partial charge in [-0.2, -0.15) is 8.42 Å². The van der Waals surface area contributed by atoms with Gasteiger partial charge in [-0.1, -0.05) is 0 Å². The van der Waals surface area contributed by atoms with E-state index >= 15 is 0 Å². The third kappa shape index (κ3) is 7.39. The Morgan fingerprint density at radius 2 is 2.05 bits per heavy atom. The Kier molecular flexibility index (Phi) is 5.82. The van der Waals surface area contributed by atoms with Gasteiger partial charge in [0.1, 0.15) is 5.60 Å². The van der Waals surface area contributed by atoms with Gasteiger partial charge in [0.2, 0.25) is 0 Å². The molecule has 1 aliphatic heterocycles. The van der Waals surface area contributed by atoms with Crippen molar-refractivity contribution in [2.45, 2.75) is 52.1 Å². The molecule has 0 saturated carbocycles. The standard InChI is InChI=1S/C13H25NO7S/c1-12(2,3)21-11(15)14-6-9(8-22(16,17)18)10-7-19-13(4,5)20-10/h9-10H,6-8H2,1-5H3,(H,14,15)(H,16,17,18)/t9-,10?/m1/s1. The van der Waals surface area contributed by atoms with Gasteiger partial charge in [-0.05, 0) is 34.6 Å². The molecule has 1 amide bonds. The predicted octanol–water partition coefficient (Wildman–Crippen LogP) is 1.17. The monoisotopic (exact) mass is 339 g/mol. The van der Waals surface area contributed by atoms with Crippen LogP contribution >= 0.6 is 0 Å². The van der Waals surface area contributed by atoms with Crippen LogP contribution in [0.4, 0.5) is 4.79 Å². The van der Waals surface area contributed by atoms with Gasteiger partial charge in [0.05, 0.1) is 18.5 Å². The fourth-order valence-electron chi connectivity index (χ4n) is 2.04. The maximum atomic E-state index is 11.7. The highest BCUT2D eigenvalue weighted by Gasteiger charge is 2.39. The lowest BCUT2D eigenvalue weighted by Crippen LogP contribution is -2.42. The lowest BCUT2D eigenvalue weighted by molar-refractivity contribution is -0.143. The zero-order chi connectivity index (χ0) is 17.2. The fraction of sp³-hybridized carbons (Fsp3) is 0.923. The van der Waals surface area contributed by atoms with E-state index in [1.165, 1.54) is 0 Å². The molecule has 1 fully saturated rings. The molecule has 1 heterocycles. The highest BCUT2D eigenvalue weighted by Crippen LogP contribution is 2.27. The molecule has 2 atom stereocenters. The zero-order valence-corrected chi connectivity index (χ0v) is 14.4. The van der Waals surface area contributed by atoms with Gasteiger partial charge in [0.15, 0.2) is 5.79 Å². The molecule has 0 spiro atoms. The highest BCUT2D eigenvalue weighted by molar-refractivity contribution is 7.85. The summed E-state index contributed by atoms with van der Waals surface area (Å²) in [4.78, 5) is 11.7. The van der Waals surface area contributed by atoms with E-state index in [0.717, 1.165) is 0 Å². The van der Waals surface area contributed by atoms with Gasteiger partial charge in [-0.15, -0.1) is 0 Å². The summed E-state index contributed by atoms with van der Waals surface area (Å²) < 4.78 is 47.4. The van der Waals surface area contributed by atoms with Gasteiger partial charge in [0, 0.05) is 12.5 Å². The second-order valence-electron chi connectivity index (χ2n) is 6.76. The first-order valence-electron chi connectivity index (χ1n) is 7.01. The molecule has 0 bridgehead atoms. The molecule has 0 aromatic heterocycles. The van der Waals surface area contributed by atoms with Gasteiger partial charge in [-0.25, -0.2) is 4.79 Å². The quantitative estimate of drug-likeness (QED) is 0.723. The number of hydrogen-bond donors (Lipinski definition) is 2. The number of ether oxygens (including phenoxy) is 3. The van der Waals surface area contributed by atoms with E-state index in [-0.39, 0.29) is 13.2 Å². The molecule has 1 aliphatic rings. The number of alkyl carbamates (subject to hydrolysis) is 1. The summed E-state index contributed by atoms with van der Waals surface area (Å²) in [5, 5.41) is 2.49. The van der Waals surface area contributed by atoms with E-state index in [1.54, 1.807) is 34.6 Å². The molecule has 1 rings (SSSR count). The number of nitrogens with one attached hydrogen (secondary N) is 1. The molecule has 0 aliphatic carbocycles. The summed E-state index contributed by atoms with van der Waals surface area (Å²) in [6.07, 6.45) is -1.21. The second kappa shape index (κ2) is 6.69. The summed E-state index contributed by atoms with van der Waals surface area (Å²) in [6.45, 7) is 8.75. The molecule has 8 nitrogen and oxygen atoms in total. The third-order valence-corrected chi connectivity index (χ3v) is 3.74. The normalized spacial score (nSPS) is 23.1. The van der Waals surface area contributed by atoms with Crippen molar-refractivity contribution < 1.29 is 32.0 Å². The number of carbonyl (C=O) groups is 1. The largest absolute Gasteiger partial charge is 0.444 e. The van der Waals surface area contributed by atoms with Crippen LogP contribution in [0, 0.1) is 5.92 Å². The number of carbonyl (C=O) groups excluding carboxylic acids is 1. The molecule has 9 heteroatoms. The fourth-order valence-corrected chi connectivity index (χ4v) is 2.92. The summed E-state index contributed by atoms with van der Waals surface area (Å²) in [7, 11) is -4.21. The van der Waals surface area contributed by atoms with Crippen LogP contribution in [0.2, 0.25) is 0 Å². The van der Waals surface area contributed by atoms with Crippen molar-refractivity contribution in [3.05, 3.63) is 0 Å². The zero-order valence-electron chi connectivity index (χ0n) is 13.6. The van der Waals surface area contributed by atoms with Crippen molar-refractivity contribution in [1.29, 1.82) is 0 Å². The topological polar surface area (TPSA) is 111 Å². The van der Waals surface area contributed by atoms with Crippen LogP contribution in [0.3, 0.4) is 0 Å². The third-order valence-electron chi connectivity index (χ3n) is 2.89. The van der Waals surface area contributed by atoms with Crippen LogP contribution in [-0.4, -0.2) is 55.5 Å². The smallest absolute Gasteiger partial charge is 0.407 e. The Morgan fingerprint density at radius 1 is 1.45 bits per heavy atom. The Morgan fingerprint density at radius 3 is 2.45 bits per heavy atom. The molecule has 130 valence electrons. The Bertz CT molecular complexity index is 495. The Balaban J connectivity index is 2.66. The van der Waals surface area contributed by atoms with Crippen LogP contribution in [-0.2, 0) is 24.3 Å². The van der Waals surface area contributed by atoms with Crippen molar-refractivity contribution in [3.63, 3.8) is 0 Å².